The molecule has 0 aromatic carbocycles. The van der Waals surface area contributed by atoms with Crippen LogP contribution in [0.4, 0.5) is 0 Å². The summed E-state index contributed by atoms with van der Waals surface area (Å²) in [6, 6.07) is -0.555. The molecule has 0 aromatic heterocycles. The summed E-state index contributed by atoms with van der Waals surface area (Å²) in [5.74, 6) is 0. The molecule has 0 bridgehead atoms. The van der Waals surface area contributed by atoms with E-state index in [4.69, 9.17) is 37.3 Å². The van der Waals surface area contributed by atoms with Crippen LogP contribution in [0, 0.1) is 0 Å². The molecule has 2 radical (unpaired) electrons. The number of nitrogens with two attached hydrogens (primary N) is 1. The minimum Gasteiger partial charge on any atom is -0.382 e. The van der Waals surface area contributed by atoms with Crippen molar-refractivity contribution in [3.63, 3.8) is 0 Å². The third kappa shape index (κ3) is 3.91. The summed E-state index contributed by atoms with van der Waals surface area (Å²) >= 11 is 0. The van der Waals surface area contributed by atoms with Gasteiger partial charge in [-0.1, -0.05) is 0 Å². The predicted octanol–water partition coefficient (Wildman–Crippen LogP) is -1.10. The molecular formula is C11H22BNO5. The number of ether oxygens (including phenoxy) is 5. The monoisotopic (exact) mass is 259 g/mol. The molecule has 2 unspecified atom stereocenters. The van der Waals surface area contributed by atoms with Crippen LogP contribution in [0.15, 0.2) is 0 Å². The highest BCUT2D eigenvalue weighted by molar-refractivity contribution is 6.11. The van der Waals surface area contributed by atoms with Crippen molar-refractivity contribution in [2.75, 3.05) is 41.1 Å². The molecule has 1 saturated heterocycles. The Labute approximate surface area is 109 Å². The van der Waals surface area contributed by atoms with Crippen molar-refractivity contribution < 1.29 is 23.7 Å². The van der Waals surface area contributed by atoms with Crippen molar-refractivity contribution in [3.05, 3.63) is 0 Å². The molecule has 0 aliphatic carbocycles. The zero-order chi connectivity index (χ0) is 13.5. The number of hydrogen-bond donors (Lipinski definition) is 1. The minimum absolute atomic E-state index is 0.228. The van der Waals surface area contributed by atoms with Crippen molar-refractivity contribution in [2.24, 2.45) is 5.73 Å². The second-order valence-corrected chi connectivity index (χ2v) is 4.21. The van der Waals surface area contributed by atoms with Crippen LogP contribution in [0.2, 0.25) is 0 Å². The fraction of sp³-hybridized carbons (Fsp3) is 1.00. The van der Waals surface area contributed by atoms with Gasteiger partial charge in [0.1, 0.15) is 26.2 Å². The predicted molar refractivity (Wildman–Crippen MR) is 66.7 cm³/mol. The maximum atomic E-state index is 5.90. The molecule has 1 aliphatic rings. The Morgan fingerprint density at radius 2 is 1.94 bits per heavy atom. The van der Waals surface area contributed by atoms with Gasteiger partial charge in [-0.15, -0.1) is 0 Å². The Kier molecular flexibility index (Phi) is 7.14. The summed E-state index contributed by atoms with van der Waals surface area (Å²) in [6.07, 6.45) is -1.11. The average molecular weight is 259 g/mol. The molecule has 5 atom stereocenters. The lowest BCUT2D eigenvalue weighted by Crippen LogP contribution is -2.43. The Morgan fingerprint density at radius 3 is 2.44 bits per heavy atom. The van der Waals surface area contributed by atoms with E-state index < -0.39 is 6.00 Å². The normalized spacial score (nSPS) is 33.8. The summed E-state index contributed by atoms with van der Waals surface area (Å²) in [4.78, 5) is 0. The van der Waals surface area contributed by atoms with E-state index in [1.807, 2.05) is 0 Å². The molecule has 6 nitrogen and oxygen atoms in total. The highest BCUT2D eigenvalue weighted by Gasteiger charge is 2.43. The lowest BCUT2D eigenvalue weighted by molar-refractivity contribution is -0.0947. The number of methoxy groups -OCH3 is 3. The Balaban J connectivity index is 2.61. The van der Waals surface area contributed by atoms with Crippen molar-refractivity contribution in [2.45, 2.75) is 30.4 Å². The van der Waals surface area contributed by atoms with Gasteiger partial charge in [0.05, 0.1) is 19.3 Å². The third-order valence-electron chi connectivity index (χ3n) is 2.91. The molecule has 0 spiro atoms. The lowest BCUT2D eigenvalue weighted by atomic mass is 9.92. The van der Waals surface area contributed by atoms with Crippen LogP contribution >= 0.6 is 0 Å². The van der Waals surface area contributed by atoms with E-state index >= 15 is 0 Å². The molecule has 1 fully saturated rings. The van der Waals surface area contributed by atoms with Crippen LogP contribution in [-0.2, 0) is 23.7 Å². The SMILES string of the molecule is [B][C@@H]1O[C@H](COC)[C@H](OC)C1OC(CN)COC. The smallest absolute Gasteiger partial charge is 0.113 e. The second kappa shape index (κ2) is 8.09. The number of hydrogen-bond acceptors (Lipinski definition) is 6. The minimum atomic E-state index is -0.555. The van der Waals surface area contributed by atoms with Crippen LogP contribution in [0.3, 0.4) is 0 Å². The summed E-state index contributed by atoms with van der Waals surface area (Å²) in [5.41, 5.74) is 5.61. The highest BCUT2D eigenvalue weighted by Crippen LogP contribution is 2.25. The standard InChI is InChI=1S/C11H22BNO5/c1-14-5-7(4-13)17-10-9(16-3)8(6-15-2)18-11(10)12/h7-11H,4-6,13H2,1-3H3/t7?,8-,9+,10?,11-/m1/s1. The molecule has 1 heterocycles. The fourth-order valence-electron chi connectivity index (χ4n) is 2.07. The molecule has 104 valence electrons. The largest absolute Gasteiger partial charge is 0.382 e. The molecule has 0 aromatic rings. The van der Waals surface area contributed by atoms with Gasteiger partial charge in [0.25, 0.3) is 0 Å². The van der Waals surface area contributed by atoms with Crippen molar-refractivity contribution >= 4 is 7.85 Å². The van der Waals surface area contributed by atoms with E-state index in [0.717, 1.165) is 0 Å². The summed E-state index contributed by atoms with van der Waals surface area (Å²) in [7, 11) is 10.7. The lowest BCUT2D eigenvalue weighted by Gasteiger charge is -2.26. The van der Waals surface area contributed by atoms with E-state index in [1.54, 1.807) is 21.3 Å². The molecular weight excluding hydrogens is 237 g/mol. The first-order valence-corrected chi connectivity index (χ1v) is 5.95. The van der Waals surface area contributed by atoms with Gasteiger partial charge in [-0.25, -0.2) is 0 Å². The van der Waals surface area contributed by atoms with E-state index in [-0.39, 0.29) is 24.4 Å². The molecule has 18 heavy (non-hydrogen) atoms. The van der Waals surface area contributed by atoms with Gasteiger partial charge in [-0.3, -0.25) is 0 Å². The number of rotatable bonds is 8. The summed E-state index contributed by atoms with van der Waals surface area (Å²) in [5, 5.41) is 0. The topological polar surface area (TPSA) is 72.2 Å². The zero-order valence-electron chi connectivity index (χ0n) is 11.2. The van der Waals surface area contributed by atoms with Gasteiger partial charge in [0.15, 0.2) is 0 Å². The van der Waals surface area contributed by atoms with Gasteiger partial charge < -0.3 is 29.4 Å². The molecule has 0 saturated carbocycles. The van der Waals surface area contributed by atoms with Crippen LogP contribution in [0.5, 0.6) is 0 Å². The van der Waals surface area contributed by atoms with Gasteiger partial charge >= 0.3 is 0 Å². The van der Waals surface area contributed by atoms with E-state index in [2.05, 4.69) is 0 Å². The maximum Gasteiger partial charge on any atom is 0.113 e. The van der Waals surface area contributed by atoms with Crippen molar-refractivity contribution in [3.8, 4) is 0 Å². The quantitative estimate of drug-likeness (QED) is 0.558. The highest BCUT2D eigenvalue weighted by atomic mass is 16.6. The van der Waals surface area contributed by atoms with Gasteiger partial charge in [0, 0.05) is 33.9 Å². The Hall–Kier alpha value is -0.175. The summed E-state index contributed by atoms with van der Waals surface area (Å²) < 4.78 is 26.9. The Morgan fingerprint density at radius 1 is 1.22 bits per heavy atom. The van der Waals surface area contributed by atoms with E-state index in [1.165, 1.54) is 0 Å². The first-order chi connectivity index (χ1) is 8.67. The van der Waals surface area contributed by atoms with Crippen molar-refractivity contribution in [1.82, 2.24) is 0 Å². The third-order valence-corrected chi connectivity index (χ3v) is 2.91. The van der Waals surface area contributed by atoms with Gasteiger partial charge in [-0.05, 0) is 0 Å². The van der Waals surface area contributed by atoms with Crippen LogP contribution in [-0.4, -0.2) is 79.4 Å². The molecule has 1 aliphatic heterocycles. The van der Waals surface area contributed by atoms with Crippen LogP contribution in [0.1, 0.15) is 0 Å². The van der Waals surface area contributed by atoms with Gasteiger partial charge in [-0.2, -0.15) is 0 Å². The molecule has 1 rings (SSSR count). The summed E-state index contributed by atoms with van der Waals surface area (Å²) in [6.45, 7) is 1.16. The molecule has 7 heteroatoms. The molecule has 2 N–H and O–H groups in total. The van der Waals surface area contributed by atoms with Gasteiger partial charge in [0.2, 0.25) is 0 Å². The van der Waals surface area contributed by atoms with E-state index in [9.17, 15) is 0 Å². The van der Waals surface area contributed by atoms with Crippen LogP contribution < -0.4 is 5.73 Å². The first kappa shape index (κ1) is 15.9. The zero-order valence-corrected chi connectivity index (χ0v) is 11.2. The second-order valence-electron chi connectivity index (χ2n) is 4.21. The fourth-order valence-corrected chi connectivity index (χ4v) is 2.07. The van der Waals surface area contributed by atoms with Crippen molar-refractivity contribution in [1.29, 1.82) is 0 Å². The average Bonchev–Trinajstić information content (AvgIpc) is 2.65. The first-order valence-electron chi connectivity index (χ1n) is 5.95. The van der Waals surface area contributed by atoms with Crippen LogP contribution in [0.25, 0.3) is 0 Å². The Bertz CT molecular complexity index is 233. The maximum absolute atomic E-state index is 5.90. The van der Waals surface area contributed by atoms with E-state index in [0.29, 0.717) is 19.8 Å². The molecule has 0 amide bonds.